The zero-order chi connectivity index (χ0) is 18.1. The van der Waals surface area contributed by atoms with Crippen molar-refractivity contribution in [2.45, 2.75) is 31.1 Å². The van der Waals surface area contributed by atoms with Crippen LogP contribution in [0.4, 0.5) is 5.69 Å². The molecule has 0 saturated heterocycles. The van der Waals surface area contributed by atoms with Gasteiger partial charge in [0.2, 0.25) is 11.8 Å². The highest BCUT2D eigenvalue weighted by atomic mass is 79.9. The second kappa shape index (κ2) is 6.88. The van der Waals surface area contributed by atoms with Crippen molar-refractivity contribution in [3.63, 3.8) is 0 Å². The molecule has 0 radical (unpaired) electrons. The van der Waals surface area contributed by atoms with E-state index >= 15 is 0 Å². The molecule has 1 saturated carbocycles. The van der Waals surface area contributed by atoms with Gasteiger partial charge >= 0.3 is 0 Å². The maximum Gasteiger partial charge on any atom is 0.240 e. The molecule has 1 aliphatic carbocycles. The molecule has 2 aliphatic rings. The summed E-state index contributed by atoms with van der Waals surface area (Å²) >= 11 is 3.52. The highest BCUT2D eigenvalue weighted by Gasteiger charge is 2.44. The summed E-state index contributed by atoms with van der Waals surface area (Å²) in [7, 11) is 0. The Morgan fingerprint density at radius 2 is 1.92 bits per heavy atom. The van der Waals surface area contributed by atoms with Gasteiger partial charge in [-0.15, -0.1) is 0 Å². The van der Waals surface area contributed by atoms with E-state index < -0.39 is 0 Å². The Morgan fingerprint density at radius 1 is 1.12 bits per heavy atom. The lowest BCUT2D eigenvalue weighted by atomic mass is 9.96. The van der Waals surface area contributed by atoms with Gasteiger partial charge in [-0.1, -0.05) is 46.3 Å². The monoisotopic (exact) mass is 412 g/mol. The van der Waals surface area contributed by atoms with Crippen molar-refractivity contribution in [3.05, 3.63) is 64.1 Å². The molecule has 2 aromatic carbocycles. The third kappa shape index (κ3) is 3.40. The molecule has 1 heterocycles. The second-order valence-corrected chi connectivity index (χ2v) is 8.09. The Balaban J connectivity index is 1.41. The molecule has 1 aliphatic heterocycles. The van der Waals surface area contributed by atoms with E-state index in [-0.39, 0.29) is 23.8 Å². The summed E-state index contributed by atoms with van der Waals surface area (Å²) in [6.45, 7) is 0.705. The van der Waals surface area contributed by atoms with E-state index in [9.17, 15) is 9.59 Å². The van der Waals surface area contributed by atoms with Crippen LogP contribution in [0.3, 0.4) is 0 Å². The quantitative estimate of drug-likeness (QED) is 0.815. The number of carbonyl (C=O) groups excluding carboxylic acids is 2. The highest BCUT2D eigenvalue weighted by molar-refractivity contribution is 9.10. The lowest BCUT2D eigenvalue weighted by molar-refractivity contribution is -0.124. The Bertz CT molecular complexity index is 861. The molecule has 0 atom stereocenters. The van der Waals surface area contributed by atoms with Gasteiger partial charge in [0.25, 0.3) is 0 Å². The van der Waals surface area contributed by atoms with Gasteiger partial charge in [-0.25, -0.2) is 0 Å². The van der Waals surface area contributed by atoms with E-state index in [1.807, 2.05) is 36.4 Å². The van der Waals surface area contributed by atoms with E-state index in [1.54, 1.807) is 4.90 Å². The van der Waals surface area contributed by atoms with Crippen molar-refractivity contribution in [3.8, 4) is 0 Å². The third-order valence-corrected chi connectivity index (χ3v) is 5.90. The number of hydrogen-bond acceptors (Lipinski definition) is 2. The van der Waals surface area contributed by atoms with Gasteiger partial charge in [0.15, 0.2) is 0 Å². The molecular weight excluding hydrogens is 392 g/mol. The molecule has 1 fully saturated rings. The van der Waals surface area contributed by atoms with Crippen molar-refractivity contribution in [1.82, 2.24) is 5.32 Å². The molecule has 5 heteroatoms. The number of para-hydroxylation sites is 1. The summed E-state index contributed by atoms with van der Waals surface area (Å²) < 4.78 is 1.06. The summed E-state index contributed by atoms with van der Waals surface area (Å²) in [4.78, 5) is 26.4. The fraction of sp³-hybridized carbons (Fsp3) is 0.333. The van der Waals surface area contributed by atoms with Crippen molar-refractivity contribution in [2.24, 2.45) is 0 Å². The molecule has 4 rings (SSSR count). The summed E-state index contributed by atoms with van der Waals surface area (Å²) in [5.41, 5.74) is 3.30. The van der Waals surface area contributed by atoms with Gasteiger partial charge in [-0.05, 0) is 48.6 Å². The van der Waals surface area contributed by atoms with Crippen LogP contribution in [0.2, 0.25) is 0 Å². The van der Waals surface area contributed by atoms with Gasteiger partial charge in [0.05, 0.1) is 0 Å². The number of anilines is 1. The van der Waals surface area contributed by atoms with Crippen molar-refractivity contribution in [1.29, 1.82) is 0 Å². The number of hydrogen-bond donors (Lipinski definition) is 1. The van der Waals surface area contributed by atoms with Gasteiger partial charge < -0.3 is 10.2 Å². The lowest BCUT2D eigenvalue weighted by Gasteiger charge is -2.29. The number of benzene rings is 2. The minimum absolute atomic E-state index is 0.0203. The fourth-order valence-corrected chi connectivity index (χ4v) is 4.07. The van der Waals surface area contributed by atoms with Gasteiger partial charge in [-0.2, -0.15) is 0 Å². The maximum atomic E-state index is 12.5. The summed E-state index contributed by atoms with van der Waals surface area (Å²) in [6, 6.07) is 16.1. The van der Waals surface area contributed by atoms with Gasteiger partial charge in [0, 0.05) is 28.5 Å². The average Bonchev–Trinajstić information content (AvgIpc) is 3.44. The normalized spacial score (nSPS) is 17.6. The van der Waals surface area contributed by atoms with Crippen LogP contribution in [0.1, 0.15) is 30.4 Å². The summed E-state index contributed by atoms with van der Waals surface area (Å²) in [5, 5.41) is 3.05. The topological polar surface area (TPSA) is 49.4 Å². The SMILES string of the molecule is O=C(CN1C(=O)CCc2ccccc21)NCC1(c2cccc(Br)c2)CC1. The van der Waals surface area contributed by atoms with Crippen LogP contribution in [0.15, 0.2) is 53.0 Å². The number of amides is 2. The molecule has 26 heavy (non-hydrogen) atoms. The number of carbonyl (C=O) groups is 2. The molecule has 2 aromatic rings. The number of fused-ring (bicyclic) bond motifs is 1. The smallest absolute Gasteiger partial charge is 0.240 e. The number of nitrogens with one attached hydrogen (secondary N) is 1. The zero-order valence-corrected chi connectivity index (χ0v) is 16.1. The Hall–Kier alpha value is -2.14. The maximum absolute atomic E-state index is 12.5. The first-order valence-electron chi connectivity index (χ1n) is 8.98. The van der Waals surface area contributed by atoms with Crippen molar-refractivity contribution in [2.75, 3.05) is 18.0 Å². The highest BCUT2D eigenvalue weighted by Crippen LogP contribution is 2.48. The number of rotatable bonds is 5. The standard InChI is InChI=1S/C21H21BrN2O2/c22-17-6-3-5-16(12-17)21(10-11-21)14-23-19(25)13-24-18-7-2-1-4-15(18)8-9-20(24)26/h1-7,12H,8-11,13-14H2,(H,23,25). The molecule has 0 spiro atoms. The summed E-state index contributed by atoms with van der Waals surface area (Å²) in [5.74, 6) is -0.0803. The fourth-order valence-electron chi connectivity index (χ4n) is 3.67. The van der Waals surface area contributed by atoms with Crippen LogP contribution in [-0.4, -0.2) is 24.9 Å². The first-order chi connectivity index (χ1) is 12.6. The summed E-state index contributed by atoms with van der Waals surface area (Å²) in [6.07, 6.45) is 3.37. The minimum Gasteiger partial charge on any atom is -0.354 e. The molecule has 2 amide bonds. The van der Waals surface area contributed by atoms with E-state index in [4.69, 9.17) is 0 Å². The molecule has 134 valence electrons. The molecule has 1 N–H and O–H groups in total. The van der Waals surface area contributed by atoms with E-state index in [0.717, 1.165) is 35.0 Å². The molecule has 0 bridgehead atoms. The molecule has 0 aromatic heterocycles. The number of aryl methyl sites for hydroxylation is 1. The minimum atomic E-state index is -0.101. The first kappa shape index (κ1) is 17.3. The van der Waals surface area contributed by atoms with Crippen LogP contribution in [0.5, 0.6) is 0 Å². The van der Waals surface area contributed by atoms with Crippen LogP contribution in [0.25, 0.3) is 0 Å². The molecule has 4 nitrogen and oxygen atoms in total. The Morgan fingerprint density at radius 3 is 2.69 bits per heavy atom. The zero-order valence-electron chi connectivity index (χ0n) is 14.5. The van der Waals surface area contributed by atoms with E-state index in [0.29, 0.717) is 13.0 Å². The Kier molecular flexibility index (Phi) is 4.57. The average molecular weight is 413 g/mol. The lowest BCUT2D eigenvalue weighted by Crippen LogP contribution is -2.44. The predicted octanol–water partition coefficient (Wildman–Crippen LogP) is 3.58. The molecule has 0 unspecified atom stereocenters. The van der Waals surface area contributed by atoms with E-state index in [2.05, 4.69) is 33.4 Å². The van der Waals surface area contributed by atoms with Crippen LogP contribution < -0.4 is 10.2 Å². The third-order valence-electron chi connectivity index (χ3n) is 5.41. The van der Waals surface area contributed by atoms with Crippen molar-refractivity contribution >= 4 is 33.4 Å². The van der Waals surface area contributed by atoms with Crippen LogP contribution in [-0.2, 0) is 21.4 Å². The van der Waals surface area contributed by atoms with Gasteiger partial charge in [-0.3, -0.25) is 9.59 Å². The first-order valence-corrected chi connectivity index (χ1v) is 9.78. The van der Waals surface area contributed by atoms with Crippen LogP contribution in [0, 0.1) is 0 Å². The second-order valence-electron chi connectivity index (χ2n) is 7.18. The largest absolute Gasteiger partial charge is 0.354 e. The predicted molar refractivity (Wildman–Crippen MR) is 105 cm³/mol. The number of halogens is 1. The number of nitrogens with zero attached hydrogens (tertiary/aromatic N) is 1. The Labute approximate surface area is 161 Å². The molecular formula is C21H21BrN2O2. The van der Waals surface area contributed by atoms with Crippen LogP contribution >= 0.6 is 15.9 Å². The van der Waals surface area contributed by atoms with Crippen molar-refractivity contribution < 1.29 is 9.59 Å². The van der Waals surface area contributed by atoms with E-state index in [1.165, 1.54) is 5.56 Å². The van der Waals surface area contributed by atoms with Gasteiger partial charge in [0.1, 0.15) is 6.54 Å².